The minimum absolute atomic E-state index is 0.222. The Morgan fingerprint density at radius 3 is 2.70 bits per heavy atom. The quantitative estimate of drug-likeness (QED) is 0.867. The summed E-state index contributed by atoms with van der Waals surface area (Å²) in [4.78, 5) is 0. The van der Waals surface area contributed by atoms with Crippen LogP contribution in [0.1, 0.15) is 51.1 Å². The van der Waals surface area contributed by atoms with Crippen molar-refractivity contribution in [1.82, 2.24) is 5.32 Å². The Labute approximate surface area is 125 Å². The molecule has 20 heavy (non-hydrogen) atoms. The van der Waals surface area contributed by atoms with E-state index in [1.165, 1.54) is 18.4 Å². The molecule has 1 aromatic carbocycles. The van der Waals surface area contributed by atoms with E-state index < -0.39 is 10.8 Å². The molecule has 0 spiro atoms. The highest BCUT2D eigenvalue weighted by atomic mass is 32.2. The summed E-state index contributed by atoms with van der Waals surface area (Å²) >= 11 is 0. The van der Waals surface area contributed by atoms with Crippen molar-refractivity contribution in [2.75, 3.05) is 12.3 Å². The number of hydrogen-bond donors (Lipinski definition) is 1. The summed E-state index contributed by atoms with van der Waals surface area (Å²) in [5.41, 5.74) is 1.26. The van der Waals surface area contributed by atoms with Crippen LogP contribution in [0.3, 0.4) is 0 Å². The molecule has 1 aliphatic rings. The zero-order valence-electron chi connectivity index (χ0n) is 12.7. The van der Waals surface area contributed by atoms with Crippen LogP contribution in [0.25, 0.3) is 0 Å². The first-order chi connectivity index (χ1) is 9.70. The topological polar surface area (TPSA) is 29.1 Å². The van der Waals surface area contributed by atoms with Gasteiger partial charge in [-0.05, 0) is 30.9 Å². The molecule has 0 amide bonds. The predicted octanol–water partition coefficient (Wildman–Crippen LogP) is 3.66. The largest absolute Gasteiger partial charge is 0.309 e. The van der Waals surface area contributed by atoms with Gasteiger partial charge in [-0.25, -0.2) is 0 Å². The minimum atomic E-state index is -0.722. The second-order valence-corrected chi connectivity index (χ2v) is 7.72. The number of hydrogen-bond acceptors (Lipinski definition) is 2. The number of rotatable bonds is 6. The average molecular weight is 293 g/mol. The first-order valence-corrected chi connectivity index (χ1v) is 9.24. The van der Waals surface area contributed by atoms with Crippen molar-refractivity contribution in [2.45, 2.75) is 50.8 Å². The van der Waals surface area contributed by atoms with Crippen LogP contribution in [0.2, 0.25) is 0 Å². The maximum absolute atomic E-state index is 12.7. The van der Waals surface area contributed by atoms with Crippen molar-refractivity contribution >= 4 is 10.8 Å². The zero-order chi connectivity index (χ0) is 14.4. The van der Waals surface area contributed by atoms with E-state index in [0.29, 0.717) is 5.25 Å². The molecule has 112 valence electrons. The van der Waals surface area contributed by atoms with E-state index in [-0.39, 0.29) is 6.04 Å². The molecular weight excluding hydrogens is 266 g/mol. The Morgan fingerprint density at radius 2 is 2.05 bits per heavy atom. The Morgan fingerprint density at radius 1 is 1.30 bits per heavy atom. The standard InChI is InChI=1S/C17H27NOS/c1-3-18-17(15-9-5-4-6-10-15)13-20(19)16-11-7-8-14(2)12-16/h4-6,9-10,14,16-18H,3,7-8,11-13H2,1-2H3. The average Bonchev–Trinajstić information content (AvgIpc) is 2.47. The monoisotopic (exact) mass is 293 g/mol. The molecule has 4 atom stereocenters. The summed E-state index contributed by atoms with van der Waals surface area (Å²) in [6.07, 6.45) is 4.84. The van der Waals surface area contributed by atoms with Crippen LogP contribution in [-0.4, -0.2) is 21.8 Å². The van der Waals surface area contributed by atoms with Crippen LogP contribution in [0.4, 0.5) is 0 Å². The molecule has 0 heterocycles. The van der Waals surface area contributed by atoms with Gasteiger partial charge in [-0.2, -0.15) is 0 Å². The van der Waals surface area contributed by atoms with E-state index >= 15 is 0 Å². The lowest BCUT2D eigenvalue weighted by atomic mass is 9.91. The van der Waals surface area contributed by atoms with Crippen LogP contribution < -0.4 is 5.32 Å². The van der Waals surface area contributed by atoms with Gasteiger partial charge >= 0.3 is 0 Å². The predicted molar refractivity (Wildman–Crippen MR) is 87.3 cm³/mol. The fraction of sp³-hybridized carbons (Fsp3) is 0.647. The second kappa shape index (κ2) is 7.94. The summed E-state index contributed by atoms with van der Waals surface area (Å²) in [5, 5.41) is 3.89. The Balaban J connectivity index is 1.99. The second-order valence-electron chi connectivity index (χ2n) is 5.96. The van der Waals surface area contributed by atoms with Crippen molar-refractivity contribution < 1.29 is 4.21 Å². The Bertz CT molecular complexity index is 420. The van der Waals surface area contributed by atoms with Crippen molar-refractivity contribution in [2.24, 2.45) is 5.92 Å². The minimum Gasteiger partial charge on any atom is -0.309 e. The van der Waals surface area contributed by atoms with Gasteiger partial charge in [0.1, 0.15) is 0 Å². The molecule has 4 unspecified atom stereocenters. The maximum Gasteiger partial charge on any atom is 0.0436 e. The van der Waals surface area contributed by atoms with Crippen LogP contribution in [-0.2, 0) is 10.8 Å². The van der Waals surface area contributed by atoms with E-state index in [1.54, 1.807) is 0 Å². The summed E-state index contributed by atoms with van der Waals surface area (Å²) in [7, 11) is -0.722. The molecule has 0 aromatic heterocycles. The fourth-order valence-electron chi connectivity index (χ4n) is 3.12. The third-order valence-corrected chi connectivity index (χ3v) is 6.08. The number of nitrogens with one attached hydrogen (secondary N) is 1. The molecule has 2 rings (SSSR count). The molecule has 2 nitrogen and oxygen atoms in total. The molecule has 0 radical (unpaired) electrons. The van der Waals surface area contributed by atoms with Gasteiger partial charge in [-0.3, -0.25) is 4.21 Å². The van der Waals surface area contributed by atoms with E-state index in [0.717, 1.165) is 31.1 Å². The summed E-state index contributed by atoms with van der Waals surface area (Å²) < 4.78 is 12.7. The summed E-state index contributed by atoms with van der Waals surface area (Å²) in [5.74, 6) is 1.49. The third kappa shape index (κ3) is 4.42. The van der Waals surface area contributed by atoms with E-state index in [1.807, 2.05) is 6.07 Å². The van der Waals surface area contributed by atoms with Crippen molar-refractivity contribution in [3.05, 3.63) is 35.9 Å². The molecule has 0 saturated heterocycles. The van der Waals surface area contributed by atoms with Crippen LogP contribution in [0.15, 0.2) is 30.3 Å². The lowest BCUT2D eigenvalue weighted by Gasteiger charge is -2.28. The highest BCUT2D eigenvalue weighted by Gasteiger charge is 2.26. The SMILES string of the molecule is CCNC(CS(=O)C1CCCC(C)C1)c1ccccc1. The lowest BCUT2D eigenvalue weighted by Crippen LogP contribution is -2.31. The fourth-order valence-corrected chi connectivity index (χ4v) is 5.01. The van der Waals surface area contributed by atoms with Crippen molar-refractivity contribution in [3.63, 3.8) is 0 Å². The molecule has 1 saturated carbocycles. The lowest BCUT2D eigenvalue weighted by molar-refractivity contribution is 0.388. The van der Waals surface area contributed by atoms with Gasteiger partial charge in [0.25, 0.3) is 0 Å². The van der Waals surface area contributed by atoms with E-state index in [9.17, 15) is 4.21 Å². The van der Waals surface area contributed by atoms with E-state index in [4.69, 9.17) is 0 Å². The van der Waals surface area contributed by atoms with Crippen molar-refractivity contribution in [1.29, 1.82) is 0 Å². The summed E-state index contributed by atoms with van der Waals surface area (Å²) in [6, 6.07) is 10.6. The molecule has 1 N–H and O–H groups in total. The van der Waals surface area contributed by atoms with E-state index in [2.05, 4.69) is 43.4 Å². The molecule has 1 fully saturated rings. The van der Waals surface area contributed by atoms with Gasteiger partial charge in [0.2, 0.25) is 0 Å². The van der Waals surface area contributed by atoms with Crippen LogP contribution >= 0.6 is 0 Å². The molecule has 0 aliphatic heterocycles. The molecule has 1 aliphatic carbocycles. The third-order valence-electron chi connectivity index (χ3n) is 4.24. The first kappa shape index (κ1) is 15.7. The number of benzene rings is 1. The normalized spacial score (nSPS) is 26.1. The molecular formula is C17H27NOS. The van der Waals surface area contributed by atoms with Gasteiger partial charge in [0.15, 0.2) is 0 Å². The molecule has 0 bridgehead atoms. The Hall–Kier alpha value is -0.670. The van der Waals surface area contributed by atoms with Gasteiger partial charge in [-0.15, -0.1) is 0 Å². The zero-order valence-corrected chi connectivity index (χ0v) is 13.5. The van der Waals surface area contributed by atoms with Crippen molar-refractivity contribution in [3.8, 4) is 0 Å². The first-order valence-electron chi connectivity index (χ1n) is 7.86. The highest BCUT2D eigenvalue weighted by Crippen LogP contribution is 2.28. The van der Waals surface area contributed by atoms with Crippen LogP contribution in [0.5, 0.6) is 0 Å². The highest BCUT2D eigenvalue weighted by molar-refractivity contribution is 7.85. The molecule has 1 aromatic rings. The maximum atomic E-state index is 12.7. The van der Waals surface area contributed by atoms with Gasteiger partial charge in [0, 0.05) is 27.8 Å². The van der Waals surface area contributed by atoms with Gasteiger partial charge in [0.05, 0.1) is 0 Å². The van der Waals surface area contributed by atoms with Gasteiger partial charge < -0.3 is 5.32 Å². The van der Waals surface area contributed by atoms with Crippen LogP contribution in [0, 0.1) is 5.92 Å². The molecule has 3 heteroatoms. The van der Waals surface area contributed by atoms with Gasteiger partial charge in [-0.1, -0.05) is 57.0 Å². The smallest absolute Gasteiger partial charge is 0.0436 e. The Kier molecular flexibility index (Phi) is 6.24. The summed E-state index contributed by atoms with van der Waals surface area (Å²) in [6.45, 7) is 5.32.